The first-order valence-corrected chi connectivity index (χ1v) is 9.24. The maximum atomic E-state index is 13.1. The van der Waals surface area contributed by atoms with E-state index in [-0.39, 0.29) is 23.9 Å². The van der Waals surface area contributed by atoms with Crippen LogP contribution in [0.25, 0.3) is 11.0 Å². The van der Waals surface area contributed by atoms with Gasteiger partial charge in [-0.3, -0.25) is 14.2 Å². The second-order valence-electron chi connectivity index (χ2n) is 6.86. The molecule has 2 heterocycles. The highest BCUT2D eigenvalue weighted by molar-refractivity contribution is 5.76. The summed E-state index contributed by atoms with van der Waals surface area (Å²) in [5, 5.41) is 3.33. The summed E-state index contributed by atoms with van der Waals surface area (Å²) in [5.74, 6) is 1.23. The van der Waals surface area contributed by atoms with Crippen molar-refractivity contribution in [2.45, 2.75) is 39.3 Å². The zero-order valence-electron chi connectivity index (χ0n) is 16.3. The van der Waals surface area contributed by atoms with Crippen LogP contribution in [0.1, 0.15) is 31.7 Å². The molecule has 146 valence electrons. The highest BCUT2D eigenvalue weighted by Crippen LogP contribution is 2.14. The van der Waals surface area contributed by atoms with Crippen molar-refractivity contribution in [2.75, 3.05) is 7.11 Å². The van der Waals surface area contributed by atoms with Gasteiger partial charge in [-0.1, -0.05) is 12.1 Å². The molecule has 7 heteroatoms. The molecule has 0 aliphatic heterocycles. The van der Waals surface area contributed by atoms with Crippen molar-refractivity contribution in [1.82, 2.24) is 19.9 Å². The van der Waals surface area contributed by atoms with Crippen LogP contribution in [-0.2, 0) is 17.8 Å². The average molecular weight is 380 g/mol. The fraction of sp³-hybridized carbons (Fsp3) is 0.333. The lowest BCUT2D eigenvalue weighted by molar-refractivity contribution is -0.121. The van der Waals surface area contributed by atoms with E-state index in [1.54, 1.807) is 30.0 Å². The molecule has 0 radical (unpaired) electrons. The van der Waals surface area contributed by atoms with E-state index < -0.39 is 0 Å². The second-order valence-corrected chi connectivity index (χ2v) is 6.86. The number of amides is 1. The molecule has 0 aliphatic rings. The third-order valence-corrected chi connectivity index (χ3v) is 4.33. The van der Waals surface area contributed by atoms with Crippen LogP contribution in [0, 0.1) is 0 Å². The average Bonchev–Trinajstić information content (AvgIpc) is 2.69. The molecule has 1 aromatic carbocycles. The second kappa shape index (κ2) is 8.65. The lowest BCUT2D eigenvalue weighted by atomic mass is 10.2. The van der Waals surface area contributed by atoms with Gasteiger partial charge in [-0.15, -0.1) is 0 Å². The Morgan fingerprint density at radius 2 is 1.96 bits per heavy atom. The molecule has 0 unspecified atom stereocenters. The number of nitrogens with one attached hydrogen (secondary N) is 1. The molecule has 2 aromatic heterocycles. The van der Waals surface area contributed by atoms with Crippen molar-refractivity contribution in [3.05, 3.63) is 64.3 Å². The van der Waals surface area contributed by atoms with Gasteiger partial charge >= 0.3 is 0 Å². The number of methoxy groups -OCH3 is 1. The Balaban J connectivity index is 1.96. The monoisotopic (exact) mass is 380 g/mol. The highest BCUT2D eigenvalue weighted by Gasteiger charge is 2.14. The van der Waals surface area contributed by atoms with Crippen molar-refractivity contribution in [2.24, 2.45) is 0 Å². The smallest absolute Gasteiger partial charge is 0.263 e. The predicted octanol–water partition coefficient (Wildman–Crippen LogP) is 2.31. The number of aryl methyl sites for hydroxylation is 1. The van der Waals surface area contributed by atoms with Gasteiger partial charge in [-0.25, -0.2) is 9.97 Å². The lowest BCUT2D eigenvalue weighted by Crippen LogP contribution is -2.31. The minimum absolute atomic E-state index is 0.0682. The maximum absolute atomic E-state index is 13.1. The number of fused-ring (bicyclic) bond motifs is 1. The number of benzene rings is 1. The molecule has 3 aromatic rings. The van der Waals surface area contributed by atoms with E-state index in [1.165, 1.54) is 0 Å². The Morgan fingerprint density at radius 1 is 1.21 bits per heavy atom. The van der Waals surface area contributed by atoms with Gasteiger partial charge in [0.1, 0.15) is 11.6 Å². The Labute approximate surface area is 163 Å². The van der Waals surface area contributed by atoms with E-state index >= 15 is 0 Å². The van der Waals surface area contributed by atoms with E-state index in [1.807, 2.05) is 38.1 Å². The molecule has 0 aliphatic carbocycles. The van der Waals surface area contributed by atoms with Crippen LogP contribution < -0.4 is 15.6 Å². The molecule has 0 saturated heterocycles. The third kappa shape index (κ3) is 4.54. The Hall–Kier alpha value is -3.22. The summed E-state index contributed by atoms with van der Waals surface area (Å²) in [6.45, 7) is 4.19. The van der Waals surface area contributed by atoms with Crippen LogP contribution in [0.3, 0.4) is 0 Å². The first kappa shape index (κ1) is 19.5. The van der Waals surface area contributed by atoms with Crippen LogP contribution in [0.4, 0.5) is 0 Å². The van der Waals surface area contributed by atoms with E-state index in [9.17, 15) is 9.59 Å². The van der Waals surface area contributed by atoms with Crippen LogP contribution in [0.15, 0.2) is 47.4 Å². The van der Waals surface area contributed by atoms with Crippen LogP contribution in [0.5, 0.6) is 5.75 Å². The molecule has 3 rings (SSSR count). The molecular formula is C21H24N4O3. The van der Waals surface area contributed by atoms with E-state index in [0.717, 1.165) is 11.3 Å². The number of ether oxygens (including phenoxy) is 1. The fourth-order valence-corrected chi connectivity index (χ4v) is 2.99. The van der Waals surface area contributed by atoms with Gasteiger partial charge in [0.05, 0.1) is 19.0 Å². The summed E-state index contributed by atoms with van der Waals surface area (Å²) < 4.78 is 6.81. The summed E-state index contributed by atoms with van der Waals surface area (Å²) in [5.41, 5.74) is 1.19. The van der Waals surface area contributed by atoms with Crippen molar-refractivity contribution >= 4 is 16.9 Å². The number of rotatable bonds is 7. The number of nitrogens with zero attached hydrogens (tertiary/aromatic N) is 3. The van der Waals surface area contributed by atoms with Crippen molar-refractivity contribution < 1.29 is 9.53 Å². The number of aromatic nitrogens is 3. The summed E-state index contributed by atoms with van der Waals surface area (Å²) >= 11 is 0. The Morgan fingerprint density at radius 3 is 2.64 bits per heavy atom. The number of pyridine rings is 1. The molecule has 0 saturated carbocycles. The first-order chi connectivity index (χ1) is 13.5. The fourth-order valence-electron chi connectivity index (χ4n) is 2.99. The van der Waals surface area contributed by atoms with Crippen LogP contribution in [0.2, 0.25) is 0 Å². The topological polar surface area (TPSA) is 86.1 Å². The minimum Gasteiger partial charge on any atom is -0.497 e. The largest absolute Gasteiger partial charge is 0.497 e. The van der Waals surface area contributed by atoms with Crippen molar-refractivity contribution in [3.8, 4) is 5.75 Å². The van der Waals surface area contributed by atoms with Gasteiger partial charge in [0.25, 0.3) is 5.56 Å². The van der Waals surface area contributed by atoms with E-state index in [0.29, 0.717) is 29.8 Å². The molecule has 1 N–H and O–H groups in total. The summed E-state index contributed by atoms with van der Waals surface area (Å²) in [4.78, 5) is 33.9. The highest BCUT2D eigenvalue weighted by atomic mass is 16.5. The maximum Gasteiger partial charge on any atom is 0.263 e. The molecule has 0 fully saturated rings. The van der Waals surface area contributed by atoms with E-state index in [4.69, 9.17) is 4.74 Å². The summed E-state index contributed by atoms with van der Waals surface area (Å²) in [7, 11) is 1.61. The summed E-state index contributed by atoms with van der Waals surface area (Å²) in [6.07, 6.45) is 2.22. The number of carbonyl (C=O) groups is 1. The normalized spacial score (nSPS) is 11.0. The van der Waals surface area contributed by atoms with Gasteiger partial charge in [0.2, 0.25) is 5.91 Å². The number of hydrogen-bond donors (Lipinski definition) is 1. The standard InChI is InChI=1S/C21H24N4O3/c1-14(2)23-19(26)11-10-18-24-20-17(5-4-12-22-20)21(27)25(18)13-15-6-8-16(28-3)9-7-15/h4-9,12,14H,10-11,13H2,1-3H3,(H,23,26). The minimum atomic E-state index is -0.159. The number of carbonyl (C=O) groups excluding carboxylic acids is 1. The molecule has 7 nitrogen and oxygen atoms in total. The predicted molar refractivity (Wildman–Crippen MR) is 107 cm³/mol. The van der Waals surface area contributed by atoms with Gasteiger partial charge in [0.15, 0.2) is 5.65 Å². The van der Waals surface area contributed by atoms with Crippen molar-refractivity contribution in [3.63, 3.8) is 0 Å². The first-order valence-electron chi connectivity index (χ1n) is 9.24. The molecule has 0 bridgehead atoms. The lowest BCUT2D eigenvalue weighted by Gasteiger charge is -2.14. The molecule has 1 amide bonds. The Kier molecular flexibility index (Phi) is 6.03. The molecule has 0 atom stereocenters. The van der Waals surface area contributed by atoms with E-state index in [2.05, 4.69) is 15.3 Å². The van der Waals surface area contributed by atoms with Gasteiger partial charge in [-0.05, 0) is 43.7 Å². The van der Waals surface area contributed by atoms with Crippen LogP contribution in [-0.4, -0.2) is 33.6 Å². The van der Waals surface area contributed by atoms with Gasteiger partial charge in [-0.2, -0.15) is 0 Å². The number of hydrogen-bond acceptors (Lipinski definition) is 5. The van der Waals surface area contributed by atoms with Crippen LogP contribution >= 0.6 is 0 Å². The zero-order chi connectivity index (χ0) is 20.1. The zero-order valence-corrected chi connectivity index (χ0v) is 16.3. The third-order valence-electron chi connectivity index (χ3n) is 4.33. The summed E-state index contributed by atoms with van der Waals surface area (Å²) in [6, 6.07) is 11.0. The van der Waals surface area contributed by atoms with Gasteiger partial charge < -0.3 is 10.1 Å². The molecule has 0 spiro atoms. The quantitative estimate of drug-likeness (QED) is 0.680. The Bertz CT molecular complexity index is 1030. The molecular weight excluding hydrogens is 356 g/mol. The van der Waals surface area contributed by atoms with Crippen molar-refractivity contribution in [1.29, 1.82) is 0 Å². The molecule has 28 heavy (non-hydrogen) atoms. The van der Waals surface area contributed by atoms with Gasteiger partial charge in [0, 0.05) is 25.1 Å². The SMILES string of the molecule is COc1ccc(Cn2c(CCC(=O)NC(C)C)nc3ncccc3c2=O)cc1.